The van der Waals surface area contributed by atoms with E-state index in [9.17, 15) is 0 Å². The quantitative estimate of drug-likeness (QED) is 0.869. The third kappa shape index (κ3) is 4.00. The Morgan fingerprint density at radius 1 is 1.19 bits per heavy atom. The highest BCUT2D eigenvalue weighted by Gasteiger charge is 2.39. The number of nitrogens with two attached hydrogens (primary N) is 1. The minimum atomic E-state index is 0.375. The second-order valence-corrected chi connectivity index (χ2v) is 8.29. The van der Waals surface area contributed by atoms with Crippen LogP contribution in [0.15, 0.2) is 0 Å². The highest BCUT2D eigenvalue weighted by atomic mass is 15.3. The summed E-state index contributed by atoms with van der Waals surface area (Å²) in [5.41, 5.74) is 7.01. The summed E-state index contributed by atoms with van der Waals surface area (Å²) in [6, 6.07) is 1.60. The Balaban J connectivity index is 2.09. The number of hydrogen-bond donors (Lipinski definition) is 1. The third-order valence-corrected chi connectivity index (χ3v) is 6.41. The molecule has 4 unspecified atom stereocenters. The zero-order valence-electron chi connectivity index (χ0n) is 14.9. The lowest BCUT2D eigenvalue weighted by Crippen LogP contribution is -2.56. The summed E-state index contributed by atoms with van der Waals surface area (Å²) in [6.45, 7) is 13.3. The fourth-order valence-corrected chi connectivity index (χ4v) is 4.43. The second kappa shape index (κ2) is 6.97. The van der Waals surface area contributed by atoms with E-state index >= 15 is 0 Å². The molecule has 3 heteroatoms. The van der Waals surface area contributed by atoms with Crippen molar-refractivity contribution in [3.8, 4) is 0 Å². The minimum absolute atomic E-state index is 0.375. The van der Waals surface area contributed by atoms with Gasteiger partial charge in [-0.1, -0.05) is 27.2 Å². The SMILES string of the molecule is CCC(C)(C)C1CCC(N)C(N2CCCN(C)CC2C)C1. The Morgan fingerprint density at radius 3 is 2.57 bits per heavy atom. The third-order valence-electron chi connectivity index (χ3n) is 6.41. The van der Waals surface area contributed by atoms with Gasteiger partial charge in [-0.25, -0.2) is 0 Å². The van der Waals surface area contributed by atoms with Gasteiger partial charge in [-0.15, -0.1) is 0 Å². The monoisotopic (exact) mass is 295 g/mol. The molecule has 1 aliphatic carbocycles. The van der Waals surface area contributed by atoms with Crippen LogP contribution in [0.5, 0.6) is 0 Å². The average molecular weight is 296 g/mol. The van der Waals surface area contributed by atoms with Crippen LogP contribution in [0.2, 0.25) is 0 Å². The van der Waals surface area contributed by atoms with Crippen LogP contribution in [0.1, 0.15) is 59.8 Å². The highest BCUT2D eigenvalue weighted by Crippen LogP contribution is 2.41. The predicted molar refractivity (Wildman–Crippen MR) is 91.5 cm³/mol. The van der Waals surface area contributed by atoms with Crippen LogP contribution in [0, 0.1) is 11.3 Å². The zero-order valence-corrected chi connectivity index (χ0v) is 14.9. The summed E-state index contributed by atoms with van der Waals surface area (Å²) < 4.78 is 0. The van der Waals surface area contributed by atoms with Crippen LogP contribution >= 0.6 is 0 Å². The van der Waals surface area contributed by atoms with Crippen molar-refractivity contribution >= 4 is 0 Å². The molecule has 0 aromatic carbocycles. The molecule has 0 spiro atoms. The van der Waals surface area contributed by atoms with Gasteiger partial charge in [-0.3, -0.25) is 4.90 Å². The number of hydrogen-bond acceptors (Lipinski definition) is 3. The van der Waals surface area contributed by atoms with Crippen LogP contribution in [0.3, 0.4) is 0 Å². The fourth-order valence-electron chi connectivity index (χ4n) is 4.43. The van der Waals surface area contributed by atoms with Crippen molar-refractivity contribution < 1.29 is 0 Å². The lowest BCUT2D eigenvalue weighted by molar-refractivity contribution is 0.0412. The molecule has 0 aromatic heterocycles. The van der Waals surface area contributed by atoms with E-state index in [0.717, 1.165) is 5.92 Å². The molecule has 2 rings (SSSR count). The normalized spacial score (nSPS) is 37.4. The molecule has 1 heterocycles. The van der Waals surface area contributed by atoms with Gasteiger partial charge in [0, 0.05) is 31.2 Å². The molecular weight excluding hydrogens is 258 g/mol. The minimum Gasteiger partial charge on any atom is -0.326 e. The number of likely N-dealkylation sites (N-methyl/N-ethyl adjacent to an activating group) is 1. The number of rotatable bonds is 3. The van der Waals surface area contributed by atoms with E-state index < -0.39 is 0 Å². The molecule has 0 bridgehead atoms. The van der Waals surface area contributed by atoms with E-state index in [1.807, 2.05) is 0 Å². The van der Waals surface area contributed by atoms with Gasteiger partial charge in [0.2, 0.25) is 0 Å². The van der Waals surface area contributed by atoms with Crippen LogP contribution < -0.4 is 5.73 Å². The van der Waals surface area contributed by atoms with Crippen molar-refractivity contribution in [2.45, 2.75) is 77.9 Å². The van der Waals surface area contributed by atoms with E-state index in [1.54, 1.807) is 0 Å². The van der Waals surface area contributed by atoms with Crippen LogP contribution in [-0.2, 0) is 0 Å². The molecule has 2 fully saturated rings. The van der Waals surface area contributed by atoms with Gasteiger partial charge < -0.3 is 10.6 Å². The van der Waals surface area contributed by atoms with Gasteiger partial charge in [0.05, 0.1) is 0 Å². The molecule has 1 saturated carbocycles. The summed E-state index contributed by atoms with van der Waals surface area (Å²) in [4.78, 5) is 5.22. The Bertz CT molecular complexity index is 328. The van der Waals surface area contributed by atoms with Gasteiger partial charge >= 0.3 is 0 Å². The lowest BCUT2D eigenvalue weighted by atomic mass is 9.67. The van der Waals surface area contributed by atoms with Gasteiger partial charge in [0.15, 0.2) is 0 Å². The molecule has 1 aliphatic heterocycles. The maximum Gasteiger partial charge on any atom is 0.0253 e. The number of nitrogens with zero attached hydrogens (tertiary/aromatic N) is 2. The molecule has 21 heavy (non-hydrogen) atoms. The molecule has 3 nitrogen and oxygen atoms in total. The second-order valence-electron chi connectivity index (χ2n) is 8.29. The molecule has 0 amide bonds. The molecule has 124 valence electrons. The fraction of sp³-hybridized carbons (Fsp3) is 1.00. The summed E-state index contributed by atoms with van der Waals surface area (Å²) in [5, 5.41) is 0. The van der Waals surface area contributed by atoms with Crippen LogP contribution in [0.4, 0.5) is 0 Å². The first-order chi connectivity index (χ1) is 9.85. The van der Waals surface area contributed by atoms with Crippen molar-refractivity contribution in [1.29, 1.82) is 0 Å². The lowest BCUT2D eigenvalue weighted by Gasteiger charge is -2.47. The van der Waals surface area contributed by atoms with Crippen molar-refractivity contribution in [3.63, 3.8) is 0 Å². The Hall–Kier alpha value is -0.120. The molecule has 2 N–H and O–H groups in total. The molecule has 1 saturated heterocycles. The van der Waals surface area contributed by atoms with Crippen LogP contribution in [0.25, 0.3) is 0 Å². The van der Waals surface area contributed by atoms with Gasteiger partial charge in [0.1, 0.15) is 0 Å². The summed E-state index contributed by atoms with van der Waals surface area (Å²) >= 11 is 0. The van der Waals surface area contributed by atoms with Gasteiger partial charge in [-0.05, 0) is 57.5 Å². The van der Waals surface area contributed by atoms with Crippen molar-refractivity contribution in [2.24, 2.45) is 17.1 Å². The first kappa shape index (κ1) is 17.2. The van der Waals surface area contributed by atoms with Gasteiger partial charge in [0.25, 0.3) is 0 Å². The highest BCUT2D eigenvalue weighted by molar-refractivity contribution is 4.95. The Morgan fingerprint density at radius 2 is 1.90 bits per heavy atom. The standard InChI is InChI=1S/C18H37N3/c1-6-18(3,4)15-8-9-16(19)17(12-15)21-11-7-10-20(5)13-14(21)2/h14-17H,6-13,19H2,1-5H3. The predicted octanol–water partition coefficient (Wildman–Crippen LogP) is 2.94. The first-order valence-electron chi connectivity index (χ1n) is 9.05. The van der Waals surface area contributed by atoms with E-state index in [0.29, 0.717) is 23.5 Å². The maximum absolute atomic E-state index is 6.55. The maximum atomic E-state index is 6.55. The zero-order chi connectivity index (χ0) is 15.6. The topological polar surface area (TPSA) is 32.5 Å². The van der Waals surface area contributed by atoms with Gasteiger partial charge in [-0.2, -0.15) is 0 Å². The summed E-state index contributed by atoms with van der Waals surface area (Å²) in [7, 11) is 2.25. The van der Waals surface area contributed by atoms with E-state index in [4.69, 9.17) is 5.73 Å². The molecule has 0 radical (unpaired) electrons. The molecule has 2 aliphatic rings. The molecule has 4 atom stereocenters. The largest absolute Gasteiger partial charge is 0.326 e. The first-order valence-corrected chi connectivity index (χ1v) is 9.05. The average Bonchev–Trinajstić information content (AvgIpc) is 2.60. The van der Waals surface area contributed by atoms with Crippen molar-refractivity contribution in [2.75, 3.05) is 26.7 Å². The van der Waals surface area contributed by atoms with E-state index in [-0.39, 0.29) is 0 Å². The Labute approximate surface area is 132 Å². The summed E-state index contributed by atoms with van der Waals surface area (Å²) in [6.07, 6.45) is 6.39. The van der Waals surface area contributed by atoms with Crippen molar-refractivity contribution in [3.05, 3.63) is 0 Å². The van der Waals surface area contributed by atoms with E-state index in [2.05, 4.69) is 44.5 Å². The van der Waals surface area contributed by atoms with Crippen LogP contribution in [-0.4, -0.2) is 54.6 Å². The van der Waals surface area contributed by atoms with Crippen molar-refractivity contribution in [1.82, 2.24) is 9.80 Å². The van der Waals surface area contributed by atoms with E-state index in [1.165, 1.54) is 51.7 Å². The summed E-state index contributed by atoms with van der Waals surface area (Å²) in [5.74, 6) is 0.834. The Kier molecular flexibility index (Phi) is 5.72. The molecular formula is C18H37N3. The smallest absolute Gasteiger partial charge is 0.0253 e. The molecule has 0 aromatic rings.